The third-order valence-electron chi connectivity index (χ3n) is 3.66. The van der Waals surface area contributed by atoms with Gasteiger partial charge in [0.25, 0.3) is 5.91 Å². The summed E-state index contributed by atoms with van der Waals surface area (Å²) in [5.74, 6) is -0.907. The lowest BCUT2D eigenvalue weighted by Crippen LogP contribution is -2.35. The standard InChI is InChI=1S/C18H11FN4OS/c19-13-8-6-11(7-9-13)10-14-15(20)23-18(21-16(14)24)25-17(22-23)12-4-2-1-3-5-12/h1-10,20H. The van der Waals surface area contributed by atoms with Gasteiger partial charge in [-0.3, -0.25) is 10.2 Å². The number of nitrogens with zero attached hydrogens (tertiary/aromatic N) is 3. The molecule has 2 aromatic carbocycles. The van der Waals surface area contributed by atoms with Crippen molar-refractivity contribution >= 4 is 39.8 Å². The van der Waals surface area contributed by atoms with E-state index in [0.29, 0.717) is 15.8 Å². The van der Waals surface area contributed by atoms with Gasteiger partial charge in [-0.25, -0.2) is 4.39 Å². The number of halogens is 1. The second kappa shape index (κ2) is 6.10. The first kappa shape index (κ1) is 15.5. The van der Waals surface area contributed by atoms with E-state index in [4.69, 9.17) is 5.41 Å². The van der Waals surface area contributed by atoms with Gasteiger partial charge in [-0.1, -0.05) is 42.5 Å². The lowest BCUT2D eigenvalue weighted by molar-refractivity contribution is -0.114. The van der Waals surface area contributed by atoms with E-state index in [1.807, 2.05) is 30.3 Å². The van der Waals surface area contributed by atoms with Crippen LogP contribution in [0.25, 0.3) is 6.08 Å². The SMILES string of the molecule is N=C1C(=Cc2ccc(F)cc2)C(=O)N=C2SC(c3ccccc3)=NN12. The van der Waals surface area contributed by atoms with Crippen LogP contribution < -0.4 is 0 Å². The maximum atomic E-state index is 13.0. The van der Waals surface area contributed by atoms with Gasteiger partial charge in [-0.05, 0) is 35.5 Å². The summed E-state index contributed by atoms with van der Waals surface area (Å²) >= 11 is 1.25. The number of benzene rings is 2. The maximum Gasteiger partial charge on any atom is 0.283 e. The number of hydrazone groups is 1. The van der Waals surface area contributed by atoms with Gasteiger partial charge in [0.1, 0.15) is 10.9 Å². The number of hydrogen-bond donors (Lipinski definition) is 1. The van der Waals surface area contributed by atoms with Gasteiger partial charge in [-0.2, -0.15) is 15.1 Å². The predicted molar refractivity (Wildman–Crippen MR) is 97.0 cm³/mol. The highest BCUT2D eigenvalue weighted by atomic mass is 32.2. The van der Waals surface area contributed by atoms with Crippen LogP contribution in [0.15, 0.2) is 70.3 Å². The second-order valence-corrected chi connectivity index (χ2v) is 6.30. The number of amides is 1. The molecule has 0 fully saturated rings. The highest BCUT2D eigenvalue weighted by Crippen LogP contribution is 2.30. The van der Waals surface area contributed by atoms with Crippen LogP contribution >= 0.6 is 11.8 Å². The van der Waals surface area contributed by atoms with Crippen molar-refractivity contribution in [1.29, 1.82) is 5.41 Å². The van der Waals surface area contributed by atoms with E-state index >= 15 is 0 Å². The number of fused-ring (bicyclic) bond motifs is 1. The van der Waals surface area contributed by atoms with Crippen molar-refractivity contribution in [3.8, 4) is 0 Å². The van der Waals surface area contributed by atoms with E-state index in [1.54, 1.807) is 12.1 Å². The maximum absolute atomic E-state index is 13.0. The smallest absolute Gasteiger partial charge is 0.282 e. The van der Waals surface area contributed by atoms with Crippen LogP contribution in [0.3, 0.4) is 0 Å². The van der Waals surface area contributed by atoms with Crippen molar-refractivity contribution in [3.63, 3.8) is 0 Å². The Balaban J connectivity index is 1.69. The molecule has 0 aliphatic carbocycles. The van der Waals surface area contributed by atoms with E-state index < -0.39 is 5.91 Å². The molecule has 2 heterocycles. The monoisotopic (exact) mass is 350 g/mol. The summed E-state index contributed by atoms with van der Waals surface area (Å²) < 4.78 is 13.0. The van der Waals surface area contributed by atoms with E-state index in [1.165, 1.54) is 35.0 Å². The average Bonchev–Trinajstić information content (AvgIpc) is 3.05. The van der Waals surface area contributed by atoms with Crippen molar-refractivity contribution < 1.29 is 9.18 Å². The summed E-state index contributed by atoms with van der Waals surface area (Å²) in [5.41, 5.74) is 1.63. The summed E-state index contributed by atoms with van der Waals surface area (Å²) in [6.07, 6.45) is 1.52. The quantitative estimate of drug-likeness (QED) is 0.843. The minimum atomic E-state index is -0.502. The Morgan fingerprint density at radius 3 is 2.52 bits per heavy atom. The largest absolute Gasteiger partial charge is 0.283 e. The first-order chi connectivity index (χ1) is 12.1. The van der Waals surface area contributed by atoms with Gasteiger partial charge < -0.3 is 0 Å². The molecule has 122 valence electrons. The highest BCUT2D eigenvalue weighted by molar-refractivity contribution is 8.27. The van der Waals surface area contributed by atoms with E-state index in [-0.39, 0.29) is 17.2 Å². The number of nitrogens with one attached hydrogen (secondary N) is 1. The molecule has 0 atom stereocenters. The Kier molecular flexibility index (Phi) is 3.77. The van der Waals surface area contributed by atoms with Crippen molar-refractivity contribution in [3.05, 3.63) is 77.1 Å². The van der Waals surface area contributed by atoms with Crippen LogP contribution in [0, 0.1) is 11.2 Å². The van der Waals surface area contributed by atoms with Gasteiger partial charge in [0.05, 0.1) is 5.57 Å². The Bertz CT molecular complexity index is 964. The third-order valence-corrected chi connectivity index (χ3v) is 4.61. The topological polar surface area (TPSA) is 68.9 Å². The highest BCUT2D eigenvalue weighted by Gasteiger charge is 2.35. The molecule has 5 nitrogen and oxygen atoms in total. The third kappa shape index (κ3) is 2.89. The van der Waals surface area contributed by atoms with Crippen LogP contribution in [0.5, 0.6) is 0 Å². The van der Waals surface area contributed by atoms with Gasteiger partial charge in [0.2, 0.25) is 5.17 Å². The number of hydrogen-bond acceptors (Lipinski definition) is 4. The minimum absolute atomic E-state index is 0.0437. The Hall–Kier alpha value is -3.06. The molecule has 0 saturated carbocycles. The molecule has 1 amide bonds. The molecule has 2 aromatic rings. The number of thioether (sulfide) groups is 1. The molecule has 0 spiro atoms. The molecule has 7 heteroatoms. The molecule has 2 aliphatic rings. The molecule has 25 heavy (non-hydrogen) atoms. The molecule has 0 aromatic heterocycles. The van der Waals surface area contributed by atoms with Gasteiger partial charge in [0.15, 0.2) is 5.84 Å². The molecular weight excluding hydrogens is 339 g/mol. The first-order valence-electron chi connectivity index (χ1n) is 7.43. The minimum Gasteiger partial charge on any atom is -0.282 e. The number of amidine groups is 2. The first-order valence-corrected chi connectivity index (χ1v) is 8.25. The lowest BCUT2D eigenvalue weighted by atomic mass is 10.1. The summed E-state index contributed by atoms with van der Waals surface area (Å²) in [5, 5.41) is 15.1. The van der Waals surface area contributed by atoms with Crippen molar-refractivity contribution in [2.75, 3.05) is 0 Å². The van der Waals surface area contributed by atoms with E-state index in [0.717, 1.165) is 5.56 Å². The Morgan fingerprint density at radius 1 is 1.08 bits per heavy atom. The molecule has 0 saturated heterocycles. The number of carbonyl (C=O) groups is 1. The van der Waals surface area contributed by atoms with Gasteiger partial charge in [0, 0.05) is 5.56 Å². The Labute approximate surface area is 147 Å². The zero-order valence-corrected chi connectivity index (χ0v) is 13.6. The van der Waals surface area contributed by atoms with Gasteiger partial charge >= 0.3 is 0 Å². The van der Waals surface area contributed by atoms with Crippen molar-refractivity contribution in [1.82, 2.24) is 5.01 Å². The van der Waals surface area contributed by atoms with Crippen LogP contribution in [-0.2, 0) is 4.79 Å². The summed E-state index contributed by atoms with van der Waals surface area (Å²) in [6.45, 7) is 0. The van der Waals surface area contributed by atoms with Gasteiger partial charge in [-0.15, -0.1) is 0 Å². The zero-order valence-electron chi connectivity index (χ0n) is 12.8. The zero-order chi connectivity index (χ0) is 17.4. The molecular formula is C18H11FN4OS. The summed E-state index contributed by atoms with van der Waals surface area (Å²) in [6, 6.07) is 15.2. The van der Waals surface area contributed by atoms with E-state index in [2.05, 4.69) is 10.1 Å². The number of rotatable bonds is 2. The van der Waals surface area contributed by atoms with Crippen LogP contribution in [0.2, 0.25) is 0 Å². The van der Waals surface area contributed by atoms with Crippen molar-refractivity contribution in [2.45, 2.75) is 0 Å². The number of carbonyl (C=O) groups excluding carboxylic acids is 1. The molecule has 4 rings (SSSR count). The van der Waals surface area contributed by atoms with Crippen LogP contribution in [0.4, 0.5) is 4.39 Å². The number of aliphatic imine (C=N–C) groups is 1. The second-order valence-electron chi connectivity index (χ2n) is 5.34. The fourth-order valence-electron chi connectivity index (χ4n) is 2.42. The fourth-order valence-corrected chi connectivity index (χ4v) is 3.31. The lowest BCUT2D eigenvalue weighted by Gasteiger charge is -2.20. The molecule has 0 bridgehead atoms. The summed E-state index contributed by atoms with van der Waals surface area (Å²) in [7, 11) is 0. The average molecular weight is 350 g/mol. The molecule has 1 N–H and O–H groups in total. The van der Waals surface area contributed by atoms with Crippen molar-refractivity contribution in [2.24, 2.45) is 10.1 Å². The predicted octanol–water partition coefficient (Wildman–Crippen LogP) is 3.49. The molecule has 0 unspecified atom stereocenters. The van der Waals surface area contributed by atoms with E-state index in [9.17, 15) is 9.18 Å². The summed E-state index contributed by atoms with van der Waals surface area (Å²) in [4.78, 5) is 16.3. The molecule has 0 radical (unpaired) electrons. The molecule has 2 aliphatic heterocycles. The fraction of sp³-hybridized carbons (Fsp3) is 0. The van der Waals surface area contributed by atoms with Crippen LogP contribution in [-0.4, -0.2) is 27.0 Å². The van der Waals surface area contributed by atoms with Crippen LogP contribution in [0.1, 0.15) is 11.1 Å². The normalized spacial score (nSPS) is 18.3. The Morgan fingerprint density at radius 2 is 1.80 bits per heavy atom.